The molecule has 0 aliphatic carbocycles. The van der Waals surface area contributed by atoms with Gasteiger partial charge in [-0.25, -0.2) is 4.79 Å². The van der Waals surface area contributed by atoms with E-state index in [1.165, 1.54) is 0 Å². The van der Waals surface area contributed by atoms with E-state index in [4.69, 9.17) is 12.2 Å². The first-order chi connectivity index (χ1) is 12.9. The van der Waals surface area contributed by atoms with Crippen LogP contribution in [-0.4, -0.2) is 25.8 Å². The van der Waals surface area contributed by atoms with Crippen LogP contribution in [-0.2, 0) is 10.2 Å². The summed E-state index contributed by atoms with van der Waals surface area (Å²) in [4.78, 5) is 60.5. The van der Waals surface area contributed by atoms with Crippen LogP contribution >= 0.6 is 12.2 Å². The molecule has 1 spiro atoms. The van der Waals surface area contributed by atoms with Gasteiger partial charge >= 0.3 is 5.69 Å². The van der Waals surface area contributed by atoms with E-state index in [1.54, 1.807) is 24.3 Å². The van der Waals surface area contributed by atoms with E-state index in [1.807, 2.05) is 0 Å². The molecular formula is C16H10N6O4S. The largest absolute Gasteiger partial charge is 0.327 e. The number of aromatic amines is 4. The van der Waals surface area contributed by atoms with Gasteiger partial charge in [0.05, 0.1) is 11.1 Å². The number of H-pyrrole nitrogens is 4. The molecule has 27 heavy (non-hydrogen) atoms. The SMILES string of the molecule is O=C1Nc2ccccc2C12c1c([nH]c(=O)[nH]c1=O)Nc1[nH]c(=S)[nH]c(=O)c12. The minimum absolute atomic E-state index is 0.0106. The number of hydrogen-bond donors (Lipinski definition) is 6. The number of amides is 1. The van der Waals surface area contributed by atoms with E-state index in [9.17, 15) is 19.2 Å². The van der Waals surface area contributed by atoms with Gasteiger partial charge < -0.3 is 15.6 Å². The standard InChI is InChI=1S/C16H10N6O4S/c23-11-7-9(19-14(26)21-11)18-10-8(12(24)22-15(27)20-10)16(7)5-3-1-2-4-6(5)17-13(16)25/h1-4H,(H,17,25)(H5,18,19,20,21,22,23,24,26,27). The first-order valence-corrected chi connectivity index (χ1v) is 8.26. The van der Waals surface area contributed by atoms with Crippen molar-refractivity contribution >= 4 is 35.4 Å². The highest BCUT2D eigenvalue weighted by Gasteiger charge is 2.57. The average Bonchev–Trinajstić information content (AvgIpc) is 2.86. The number of aromatic nitrogens is 4. The predicted molar refractivity (Wildman–Crippen MR) is 98.2 cm³/mol. The van der Waals surface area contributed by atoms with Crippen molar-refractivity contribution in [2.45, 2.75) is 5.41 Å². The summed E-state index contributed by atoms with van der Waals surface area (Å²) < 4.78 is 0.0312. The lowest BCUT2D eigenvalue weighted by Gasteiger charge is -2.33. The number of benzene rings is 1. The third kappa shape index (κ3) is 1.80. The molecule has 4 heterocycles. The molecule has 134 valence electrons. The highest BCUT2D eigenvalue weighted by Crippen LogP contribution is 2.51. The van der Waals surface area contributed by atoms with E-state index in [0.29, 0.717) is 11.3 Å². The monoisotopic (exact) mass is 382 g/mol. The third-order valence-corrected chi connectivity index (χ3v) is 5.01. The molecule has 0 fully saturated rings. The van der Waals surface area contributed by atoms with Crippen LogP contribution in [0.25, 0.3) is 0 Å². The van der Waals surface area contributed by atoms with Gasteiger partial charge in [0.25, 0.3) is 11.1 Å². The number of fused-ring (bicyclic) bond motifs is 6. The summed E-state index contributed by atoms with van der Waals surface area (Å²) in [6.45, 7) is 0. The highest BCUT2D eigenvalue weighted by atomic mass is 32.1. The zero-order valence-corrected chi connectivity index (χ0v) is 14.2. The summed E-state index contributed by atoms with van der Waals surface area (Å²) in [5, 5.41) is 5.53. The zero-order valence-electron chi connectivity index (χ0n) is 13.4. The molecule has 6 N–H and O–H groups in total. The van der Waals surface area contributed by atoms with Crippen molar-refractivity contribution in [1.82, 2.24) is 19.9 Å². The van der Waals surface area contributed by atoms with E-state index >= 15 is 0 Å². The summed E-state index contributed by atoms with van der Waals surface area (Å²) in [5.74, 6) is -0.440. The molecule has 1 atom stereocenters. The van der Waals surface area contributed by atoms with E-state index < -0.39 is 28.1 Å². The Labute approximate surface area is 153 Å². The van der Waals surface area contributed by atoms with Crippen molar-refractivity contribution < 1.29 is 4.79 Å². The lowest BCUT2D eigenvalue weighted by molar-refractivity contribution is -0.118. The number of rotatable bonds is 0. The topological polar surface area (TPSA) is 155 Å². The second kappa shape index (κ2) is 4.92. The Bertz CT molecular complexity index is 1320. The van der Waals surface area contributed by atoms with Gasteiger partial charge in [0.2, 0.25) is 5.91 Å². The zero-order chi connectivity index (χ0) is 18.9. The molecule has 0 bridgehead atoms. The third-order valence-electron chi connectivity index (χ3n) is 4.81. The predicted octanol–water partition coefficient (Wildman–Crippen LogP) is 0.153. The molecule has 2 aliphatic rings. The van der Waals surface area contributed by atoms with Crippen LogP contribution in [0.1, 0.15) is 16.7 Å². The first-order valence-electron chi connectivity index (χ1n) is 7.85. The maximum atomic E-state index is 13.2. The van der Waals surface area contributed by atoms with Gasteiger partial charge in [-0.1, -0.05) is 18.2 Å². The Balaban J connectivity index is 2.07. The van der Waals surface area contributed by atoms with Crippen LogP contribution < -0.4 is 27.4 Å². The maximum absolute atomic E-state index is 13.2. The van der Waals surface area contributed by atoms with Gasteiger partial charge in [0.15, 0.2) is 4.77 Å². The van der Waals surface area contributed by atoms with E-state index in [2.05, 4.69) is 30.6 Å². The number of hydrogen-bond acceptors (Lipinski definition) is 6. The minimum atomic E-state index is -1.75. The van der Waals surface area contributed by atoms with E-state index in [-0.39, 0.29) is 27.5 Å². The summed E-state index contributed by atoms with van der Waals surface area (Å²) in [7, 11) is 0. The molecule has 11 heteroatoms. The molecule has 1 aromatic carbocycles. The molecule has 0 saturated carbocycles. The molecular weight excluding hydrogens is 372 g/mol. The van der Waals surface area contributed by atoms with Crippen LogP contribution in [0.5, 0.6) is 0 Å². The molecule has 1 amide bonds. The molecule has 5 rings (SSSR count). The minimum Gasteiger partial charge on any atom is -0.327 e. The summed E-state index contributed by atoms with van der Waals surface area (Å²) in [6.07, 6.45) is 0. The Kier molecular flexibility index (Phi) is 2.83. The lowest BCUT2D eigenvalue weighted by atomic mass is 9.69. The number of anilines is 3. The van der Waals surface area contributed by atoms with Gasteiger partial charge in [0, 0.05) is 11.3 Å². The van der Waals surface area contributed by atoms with Gasteiger partial charge in [-0.2, -0.15) is 0 Å². The Morgan fingerprint density at radius 1 is 0.778 bits per heavy atom. The van der Waals surface area contributed by atoms with Gasteiger partial charge in [-0.15, -0.1) is 0 Å². The summed E-state index contributed by atoms with van der Waals surface area (Å²) in [5.41, 5.74) is -3.10. The Hall–Kier alpha value is -3.73. The fraction of sp³-hybridized carbons (Fsp3) is 0.0625. The first kappa shape index (κ1) is 15.5. The average molecular weight is 382 g/mol. The Morgan fingerprint density at radius 2 is 1.44 bits per heavy atom. The van der Waals surface area contributed by atoms with Crippen LogP contribution in [0.15, 0.2) is 38.6 Å². The molecule has 10 nitrogen and oxygen atoms in total. The summed E-state index contributed by atoms with van der Waals surface area (Å²) in [6, 6.07) is 6.74. The smallest absolute Gasteiger partial charge is 0.327 e. The molecule has 0 radical (unpaired) electrons. The second-order valence-electron chi connectivity index (χ2n) is 6.19. The second-order valence-corrected chi connectivity index (χ2v) is 6.60. The normalized spacial score (nSPS) is 19.0. The quantitative estimate of drug-likeness (QED) is 0.304. The van der Waals surface area contributed by atoms with Crippen molar-refractivity contribution in [2.75, 3.05) is 10.6 Å². The van der Waals surface area contributed by atoms with Gasteiger partial charge in [0.1, 0.15) is 17.1 Å². The van der Waals surface area contributed by atoms with Crippen LogP contribution in [0.4, 0.5) is 17.3 Å². The fourth-order valence-corrected chi connectivity index (χ4v) is 4.07. The van der Waals surface area contributed by atoms with Gasteiger partial charge in [-0.05, 0) is 18.3 Å². The fourth-order valence-electron chi connectivity index (χ4n) is 3.88. The van der Waals surface area contributed by atoms with Crippen molar-refractivity contribution in [1.29, 1.82) is 0 Å². The number of para-hydroxylation sites is 1. The van der Waals surface area contributed by atoms with Gasteiger partial charge in [-0.3, -0.25) is 29.3 Å². The Morgan fingerprint density at radius 3 is 2.22 bits per heavy atom. The number of carbonyl (C=O) groups is 1. The lowest BCUT2D eigenvalue weighted by Crippen LogP contribution is -2.49. The van der Waals surface area contributed by atoms with Crippen molar-refractivity contribution in [2.24, 2.45) is 0 Å². The maximum Gasteiger partial charge on any atom is 0.327 e. The van der Waals surface area contributed by atoms with Crippen LogP contribution in [0.3, 0.4) is 0 Å². The van der Waals surface area contributed by atoms with Crippen molar-refractivity contribution in [3.63, 3.8) is 0 Å². The van der Waals surface area contributed by atoms with Crippen LogP contribution in [0.2, 0.25) is 0 Å². The molecule has 2 aliphatic heterocycles. The van der Waals surface area contributed by atoms with Crippen LogP contribution in [0, 0.1) is 4.77 Å². The number of nitrogens with one attached hydrogen (secondary N) is 6. The molecule has 0 saturated heterocycles. The van der Waals surface area contributed by atoms with Crippen molar-refractivity contribution in [3.05, 3.63) is 76.9 Å². The van der Waals surface area contributed by atoms with Crippen molar-refractivity contribution in [3.8, 4) is 0 Å². The number of carbonyl (C=O) groups excluding carboxylic acids is 1. The van der Waals surface area contributed by atoms with E-state index in [0.717, 1.165) is 0 Å². The highest BCUT2D eigenvalue weighted by molar-refractivity contribution is 7.71. The molecule has 3 aromatic rings. The molecule has 1 unspecified atom stereocenters. The molecule has 2 aromatic heterocycles. The summed E-state index contributed by atoms with van der Waals surface area (Å²) >= 11 is 5.01.